The van der Waals surface area contributed by atoms with Crippen LogP contribution in [0.3, 0.4) is 0 Å². The summed E-state index contributed by atoms with van der Waals surface area (Å²) in [5, 5.41) is 3.52. The molecule has 0 amide bonds. The first-order valence-electron chi connectivity index (χ1n) is 6.41. The number of pyridine rings is 1. The molecule has 1 rings (SSSR count). The molecule has 0 aliphatic carbocycles. The monoisotopic (exact) mass is 220 g/mol. The summed E-state index contributed by atoms with van der Waals surface area (Å²) in [5.41, 5.74) is 2.45. The van der Waals surface area contributed by atoms with Gasteiger partial charge in [-0.15, -0.1) is 0 Å². The van der Waals surface area contributed by atoms with Crippen molar-refractivity contribution in [1.29, 1.82) is 0 Å². The van der Waals surface area contributed by atoms with Crippen molar-refractivity contribution in [2.45, 2.75) is 58.9 Å². The number of nitrogens with one attached hydrogen (secondary N) is 1. The molecule has 0 spiro atoms. The molecule has 0 aromatic carbocycles. The molecule has 1 unspecified atom stereocenters. The molecule has 1 atom stereocenters. The summed E-state index contributed by atoms with van der Waals surface area (Å²) >= 11 is 0. The molecule has 16 heavy (non-hydrogen) atoms. The van der Waals surface area contributed by atoms with Crippen LogP contribution in [-0.4, -0.2) is 11.0 Å². The summed E-state index contributed by atoms with van der Waals surface area (Å²) in [4.78, 5) is 4.15. The minimum absolute atomic E-state index is 0.541. The maximum absolute atomic E-state index is 4.15. The number of unbranched alkanes of at least 4 members (excludes halogenated alkanes) is 3. The van der Waals surface area contributed by atoms with Gasteiger partial charge in [0.25, 0.3) is 0 Å². The van der Waals surface area contributed by atoms with Crippen molar-refractivity contribution >= 4 is 5.69 Å². The molecule has 0 bridgehead atoms. The van der Waals surface area contributed by atoms with Crippen LogP contribution in [0.2, 0.25) is 0 Å². The van der Waals surface area contributed by atoms with E-state index in [1.54, 1.807) is 0 Å². The fourth-order valence-corrected chi connectivity index (χ4v) is 1.83. The minimum atomic E-state index is 0.541. The SMILES string of the molecule is CCCCCCC(C)Nc1cnccc1C. The smallest absolute Gasteiger partial charge is 0.0558 e. The van der Waals surface area contributed by atoms with Gasteiger partial charge in [0.05, 0.1) is 11.9 Å². The second-order valence-electron chi connectivity index (χ2n) is 4.59. The van der Waals surface area contributed by atoms with E-state index in [4.69, 9.17) is 0 Å². The van der Waals surface area contributed by atoms with Gasteiger partial charge in [-0.3, -0.25) is 4.98 Å². The van der Waals surface area contributed by atoms with Gasteiger partial charge in [-0.25, -0.2) is 0 Å². The number of rotatable bonds is 7. The Labute approximate surface area is 99.5 Å². The van der Waals surface area contributed by atoms with Crippen LogP contribution >= 0.6 is 0 Å². The van der Waals surface area contributed by atoms with Crippen molar-refractivity contribution in [2.75, 3.05) is 5.32 Å². The third-order valence-electron chi connectivity index (χ3n) is 2.93. The Morgan fingerprint density at radius 1 is 1.31 bits per heavy atom. The van der Waals surface area contributed by atoms with E-state index < -0.39 is 0 Å². The lowest BCUT2D eigenvalue weighted by atomic mass is 10.1. The summed E-state index contributed by atoms with van der Waals surface area (Å²) in [7, 11) is 0. The van der Waals surface area contributed by atoms with Crippen LogP contribution in [0, 0.1) is 6.92 Å². The predicted molar refractivity (Wildman–Crippen MR) is 70.8 cm³/mol. The first-order valence-corrected chi connectivity index (χ1v) is 6.41. The average molecular weight is 220 g/mol. The van der Waals surface area contributed by atoms with Crippen molar-refractivity contribution in [3.8, 4) is 0 Å². The standard InChI is InChI=1S/C14H24N2/c1-4-5-6-7-8-13(3)16-14-11-15-10-9-12(14)2/h9-11,13,16H,4-8H2,1-3H3. The first kappa shape index (κ1) is 13.0. The Morgan fingerprint density at radius 3 is 2.81 bits per heavy atom. The van der Waals surface area contributed by atoms with Crippen molar-refractivity contribution in [3.05, 3.63) is 24.0 Å². The molecule has 0 aliphatic rings. The average Bonchev–Trinajstić information content (AvgIpc) is 2.28. The molecular weight excluding hydrogens is 196 g/mol. The van der Waals surface area contributed by atoms with Gasteiger partial charge in [-0.2, -0.15) is 0 Å². The van der Waals surface area contributed by atoms with Crippen LogP contribution in [0.15, 0.2) is 18.5 Å². The first-order chi connectivity index (χ1) is 7.74. The lowest BCUT2D eigenvalue weighted by Gasteiger charge is -2.16. The van der Waals surface area contributed by atoms with Crippen LogP contribution in [0.25, 0.3) is 0 Å². The van der Waals surface area contributed by atoms with E-state index in [-0.39, 0.29) is 0 Å². The quantitative estimate of drug-likeness (QED) is 0.698. The van der Waals surface area contributed by atoms with E-state index in [9.17, 15) is 0 Å². The molecule has 2 heteroatoms. The van der Waals surface area contributed by atoms with Crippen LogP contribution in [-0.2, 0) is 0 Å². The maximum Gasteiger partial charge on any atom is 0.0558 e. The Balaban J connectivity index is 2.28. The van der Waals surface area contributed by atoms with E-state index in [0.717, 1.165) is 0 Å². The third-order valence-corrected chi connectivity index (χ3v) is 2.93. The molecule has 1 N–H and O–H groups in total. The summed E-state index contributed by atoms with van der Waals surface area (Å²) in [6.07, 6.45) is 10.3. The van der Waals surface area contributed by atoms with Crippen LogP contribution in [0.5, 0.6) is 0 Å². The third kappa shape index (κ3) is 4.65. The number of hydrogen-bond donors (Lipinski definition) is 1. The molecule has 0 radical (unpaired) electrons. The van der Waals surface area contributed by atoms with Crippen LogP contribution < -0.4 is 5.32 Å². The second kappa shape index (κ2) is 7.26. The lowest BCUT2D eigenvalue weighted by molar-refractivity contribution is 0.593. The minimum Gasteiger partial charge on any atom is -0.381 e. The highest BCUT2D eigenvalue weighted by atomic mass is 14.9. The summed E-state index contributed by atoms with van der Waals surface area (Å²) in [6, 6.07) is 2.59. The zero-order chi connectivity index (χ0) is 11.8. The molecule has 0 fully saturated rings. The zero-order valence-corrected chi connectivity index (χ0v) is 10.8. The van der Waals surface area contributed by atoms with Gasteiger partial charge >= 0.3 is 0 Å². The van der Waals surface area contributed by atoms with E-state index in [2.05, 4.69) is 31.1 Å². The van der Waals surface area contributed by atoms with Crippen molar-refractivity contribution < 1.29 is 0 Å². The number of aromatic nitrogens is 1. The van der Waals surface area contributed by atoms with Gasteiger partial charge in [0.1, 0.15) is 0 Å². The molecule has 90 valence electrons. The van der Waals surface area contributed by atoms with E-state index in [1.807, 2.05) is 18.5 Å². The van der Waals surface area contributed by atoms with Crippen molar-refractivity contribution in [2.24, 2.45) is 0 Å². The van der Waals surface area contributed by atoms with Gasteiger partial charge in [-0.1, -0.05) is 32.6 Å². The Hall–Kier alpha value is -1.05. The molecule has 0 saturated heterocycles. The highest BCUT2D eigenvalue weighted by Gasteiger charge is 2.03. The van der Waals surface area contributed by atoms with Gasteiger partial charge in [0, 0.05) is 12.2 Å². The van der Waals surface area contributed by atoms with Gasteiger partial charge < -0.3 is 5.32 Å². The topological polar surface area (TPSA) is 24.9 Å². The van der Waals surface area contributed by atoms with Gasteiger partial charge in [0.15, 0.2) is 0 Å². The zero-order valence-electron chi connectivity index (χ0n) is 10.8. The summed E-state index contributed by atoms with van der Waals surface area (Å²) in [5.74, 6) is 0. The summed E-state index contributed by atoms with van der Waals surface area (Å²) in [6.45, 7) is 6.62. The largest absolute Gasteiger partial charge is 0.381 e. The van der Waals surface area contributed by atoms with Gasteiger partial charge in [0.2, 0.25) is 0 Å². The number of hydrogen-bond acceptors (Lipinski definition) is 2. The summed E-state index contributed by atoms with van der Waals surface area (Å²) < 4.78 is 0. The molecule has 1 heterocycles. The molecule has 1 aromatic heterocycles. The Bertz CT molecular complexity index is 297. The predicted octanol–water partition coefficient (Wildman–Crippen LogP) is 4.16. The molecule has 0 saturated carbocycles. The second-order valence-corrected chi connectivity index (χ2v) is 4.59. The van der Waals surface area contributed by atoms with Gasteiger partial charge in [-0.05, 0) is 31.9 Å². The lowest BCUT2D eigenvalue weighted by Crippen LogP contribution is -2.15. The Kier molecular flexibility index (Phi) is 5.91. The highest BCUT2D eigenvalue weighted by molar-refractivity contribution is 5.48. The van der Waals surface area contributed by atoms with E-state index in [1.165, 1.54) is 43.4 Å². The Morgan fingerprint density at radius 2 is 2.12 bits per heavy atom. The molecule has 2 nitrogen and oxygen atoms in total. The normalized spacial score (nSPS) is 12.4. The van der Waals surface area contributed by atoms with E-state index >= 15 is 0 Å². The number of aryl methyl sites for hydroxylation is 1. The highest BCUT2D eigenvalue weighted by Crippen LogP contribution is 2.15. The number of nitrogens with zero attached hydrogens (tertiary/aromatic N) is 1. The van der Waals surface area contributed by atoms with Crippen LogP contribution in [0.4, 0.5) is 5.69 Å². The van der Waals surface area contributed by atoms with E-state index in [0.29, 0.717) is 6.04 Å². The molecule has 0 aliphatic heterocycles. The molecule has 1 aromatic rings. The van der Waals surface area contributed by atoms with Crippen LogP contribution in [0.1, 0.15) is 51.5 Å². The van der Waals surface area contributed by atoms with Crippen molar-refractivity contribution in [3.63, 3.8) is 0 Å². The fourth-order valence-electron chi connectivity index (χ4n) is 1.83. The number of anilines is 1. The fraction of sp³-hybridized carbons (Fsp3) is 0.643. The molecular formula is C14H24N2. The van der Waals surface area contributed by atoms with Crippen molar-refractivity contribution in [1.82, 2.24) is 4.98 Å². The maximum atomic E-state index is 4.15.